The monoisotopic (exact) mass is 263 g/mol. The first-order valence-corrected chi connectivity index (χ1v) is 6.82. The van der Waals surface area contributed by atoms with Gasteiger partial charge in [-0.05, 0) is 19.5 Å². The highest BCUT2D eigenvalue weighted by Crippen LogP contribution is 2.25. The van der Waals surface area contributed by atoms with Gasteiger partial charge in [-0.25, -0.2) is 9.97 Å². The molecule has 0 radical (unpaired) electrons. The smallest absolute Gasteiger partial charge is 0.213 e. The van der Waals surface area contributed by atoms with Gasteiger partial charge in [-0.1, -0.05) is 13.0 Å². The summed E-state index contributed by atoms with van der Waals surface area (Å²) in [5.41, 5.74) is 1.91. The molecule has 0 bridgehead atoms. The van der Waals surface area contributed by atoms with Gasteiger partial charge in [0.05, 0.1) is 12.8 Å². The predicted molar refractivity (Wildman–Crippen MR) is 74.0 cm³/mol. The molecule has 96 valence electrons. The zero-order chi connectivity index (χ0) is 13.0. The summed E-state index contributed by atoms with van der Waals surface area (Å²) >= 11 is 1.61. The number of hydrogen-bond acceptors (Lipinski definition) is 5. The van der Waals surface area contributed by atoms with Crippen molar-refractivity contribution in [2.45, 2.75) is 19.9 Å². The van der Waals surface area contributed by atoms with Crippen LogP contribution in [0.3, 0.4) is 0 Å². The number of rotatable bonds is 5. The van der Waals surface area contributed by atoms with Crippen LogP contribution in [-0.2, 0) is 0 Å². The molecule has 0 amide bonds. The lowest BCUT2D eigenvalue weighted by Crippen LogP contribution is -2.17. The molecule has 0 spiro atoms. The van der Waals surface area contributed by atoms with E-state index in [0.717, 1.165) is 22.9 Å². The van der Waals surface area contributed by atoms with Crippen molar-refractivity contribution in [2.75, 3.05) is 13.7 Å². The summed E-state index contributed by atoms with van der Waals surface area (Å²) in [5.74, 6) is 0.615. The third kappa shape index (κ3) is 2.86. The topological polar surface area (TPSA) is 47.0 Å². The Labute approximate surface area is 111 Å². The molecule has 1 unspecified atom stereocenters. The van der Waals surface area contributed by atoms with Crippen LogP contribution in [0.4, 0.5) is 0 Å². The van der Waals surface area contributed by atoms with Crippen LogP contribution in [0.15, 0.2) is 23.6 Å². The first-order chi connectivity index (χ1) is 8.74. The van der Waals surface area contributed by atoms with Crippen LogP contribution in [0.2, 0.25) is 0 Å². The number of thiazole rings is 1. The minimum absolute atomic E-state index is 0.269. The van der Waals surface area contributed by atoms with E-state index in [1.165, 1.54) is 0 Å². The van der Waals surface area contributed by atoms with Crippen LogP contribution in [0.25, 0.3) is 10.7 Å². The Balaban J connectivity index is 2.23. The van der Waals surface area contributed by atoms with Crippen molar-refractivity contribution >= 4 is 11.3 Å². The van der Waals surface area contributed by atoms with Gasteiger partial charge >= 0.3 is 0 Å². The van der Waals surface area contributed by atoms with Gasteiger partial charge in [-0.3, -0.25) is 0 Å². The van der Waals surface area contributed by atoms with Gasteiger partial charge in [-0.2, -0.15) is 0 Å². The van der Waals surface area contributed by atoms with Gasteiger partial charge in [0.25, 0.3) is 0 Å². The first-order valence-electron chi connectivity index (χ1n) is 5.94. The van der Waals surface area contributed by atoms with E-state index >= 15 is 0 Å². The normalized spacial score (nSPS) is 12.4. The Hall–Kier alpha value is -1.46. The van der Waals surface area contributed by atoms with Gasteiger partial charge in [0, 0.05) is 17.5 Å². The maximum atomic E-state index is 5.12. The zero-order valence-electron chi connectivity index (χ0n) is 10.8. The van der Waals surface area contributed by atoms with Crippen LogP contribution < -0.4 is 10.1 Å². The van der Waals surface area contributed by atoms with Crippen LogP contribution in [0.1, 0.15) is 25.6 Å². The van der Waals surface area contributed by atoms with Gasteiger partial charge < -0.3 is 10.1 Å². The Kier molecular flexibility index (Phi) is 4.28. The molecule has 2 aromatic heterocycles. The molecule has 2 heterocycles. The standard InChI is InChI=1S/C13H17N3OS/c1-4-14-9(2)11-8-18-13(16-11)10-6-5-7-12(15-10)17-3/h5-9,14H,4H2,1-3H3. The number of ether oxygens (including phenoxy) is 1. The zero-order valence-corrected chi connectivity index (χ0v) is 11.6. The van der Waals surface area contributed by atoms with E-state index in [1.807, 2.05) is 18.2 Å². The van der Waals surface area contributed by atoms with E-state index in [2.05, 4.69) is 34.5 Å². The van der Waals surface area contributed by atoms with E-state index in [4.69, 9.17) is 4.74 Å². The minimum Gasteiger partial charge on any atom is -0.481 e. The third-order valence-electron chi connectivity index (χ3n) is 2.63. The molecular formula is C13H17N3OS. The molecule has 0 aromatic carbocycles. The molecular weight excluding hydrogens is 246 g/mol. The summed E-state index contributed by atoms with van der Waals surface area (Å²) in [5, 5.41) is 6.35. The van der Waals surface area contributed by atoms with E-state index in [0.29, 0.717) is 5.88 Å². The van der Waals surface area contributed by atoms with E-state index in [-0.39, 0.29) is 6.04 Å². The van der Waals surface area contributed by atoms with Crippen LogP contribution in [-0.4, -0.2) is 23.6 Å². The molecule has 0 saturated heterocycles. The Bertz CT molecular complexity index is 512. The molecule has 5 heteroatoms. The molecule has 0 saturated carbocycles. The SMILES string of the molecule is CCNC(C)c1csc(-c2cccc(OC)n2)n1. The molecule has 1 atom stereocenters. The number of pyridine rings is 1. The van der Waals surface area contributed by atoms with Gasteiger partial charge in [0.2, 0.25) is 5.88 Å². The predicted octanol–water partition coefficient (Wildman–Crippen LogP) is 2.88. The fraction of sp³-hybridized carbons (Fsp3) is 0.385. The maximum absolute atomic E-state index is 5.12. The largest absolute Gasteiger partial charge is 0.481 e. The molecule has 0 aliphatic carbocycles. The van der Waals surface area contributed by atoms with Crippen LogP contribution in [0, 0.1) is 0 Å². The maximum Gasteiger partial charge on any atom is 0.213 e. The van der Waals surface area contributed by atoms with Crippen molar-refractivity contribution in [1.29, 1.82) is 0 Å². The number of aromatic nitrogens is 2. The quantitative estimate of drug-likeness (QED) is 0.901. The highest BCUT2D eigenvalue weighted by Gasteiger charge is 2.11. The van der Waals surface area contributed by atoms with Crippen molar-refractivity contribution in [3.8, 4) is 16.6 Å². The van der Waals surface area contributed by atoms with Crippen LogP contribution in [0.5, 0.6) is 5.88 Å². The molecule has 4 nitrogen and oxygen atoms in total. The molecule has 2 rings (SSSR count). The highest BCUT2D eigenvalue weighted by molar-refractivity contribution is 7.13. The minimum atomic E-state index is 0.269. The number of hydrogen-bond donors (Lipinski definition) is 1. The van der Waals surface area contributed by atoms with Gasteiger partial charge in [-0.15, -0.1) is 11.3 Å². The summed E-state index contributed by atoms with van der Waals surface area (Å²) in [6.07, 6.45) is 0. The third-order valence-corrected chi connectivity index (χ3v) is 3.51. The molecule has 0 aliphatic heterocycles. The molecule has 0 aliphatic rings. The van der Waals surface area contributed by atoms with Crippen molar-refractivity contribution < 1.29 is 4.74 Å². The van der Waals surface area contributed by atoms with Gasteiger partial charge in [0.1, 0.15) is 10.7 Å². The van der Waals surface area contributed by atoms with Gasteiger partial charge in [0.15, 0.2) is 0 Å². The second kappa shape index (κ2) is 5.93. The lowest BCUT2D eigenvalue weighted by atomic mass is 10.2. The van der Waals surface area contributed by atoms with E-state index in [1.54, 1.807) is 18.4 Å². The number of nitrogens with zero attached hydrogens (tertiary/aromatic N) is 2. The second-order valence-corrected chi connectivity index (χ2v) is 4.78. The van der Waals surface area contributed by atoms with Crippen molar-refractivity contribution in [2.24, 2.45) is 0 Å². The van der Waals surface area contributed by atoms with E-state index < -0.39 is 0 Å². The van der Waals surface area contributed by atoms with Crippen molar-refractivity contribution in [3.05, 3.63) is 29.3 Å². The summed E-state index contributed by atoms with van der Waals surface area (Å²) in [7, 11) is 1.62. The summed E-state index contributed by atoms with van der Waals surface area (Å²) < 4.78 is 5.12. The lowest BCUT2D eigenvalue weighted by Gasteiger charge is -2.08. The molecule has 1 N–H and O–H groups in total. The summed E-state index contributed by atoms with van der Waals surface area (Å²) in [6.45, 7) is 5.14. The Morgan fingerprint density at radius 3 is 2.94 bits per heavy atom. The molecule has 18 heavy (non-hydrogen) atoms. The Morgan fingerprint density at radius 1 is 1.39 bits per heavy atom. The Morgan fingerprint density at radius 2 is 2.22 bits per heavy atom. The number of methoxy groups -OCH3 is 1. The first kappa shape index (κ1) is 13.0. The average molecular weight is 263 g/mol. The lowest BCUT2D eigenvalue weighted by molar-refractivity contribution is 0.398. The number of nitrogens with one attached hydrogen (secondary N) is 1. The fourth-order valence-electron chi connectivity index (χ4n) is 1.66. The van der Waals surface area contributed by atoms with Crippen molar-refractivity contribution in [1.82, 2.24) is 15.3 Å². The molecule has 2 aromatic rings. The van der Waals surface area contributed by atoms with Crippen molar-refractivity contribution in [3.63, 3.8) is 0 Å². The second-order valence-electron chi connectivity index (χ2n) is 3.92. The van der Waals surface area contributed by atoms with Crippen LogP contribution >= 0.6 is 11.3 Å². The van der Waals surface area contributed by atoms with E-state index in [9.17, 15) is 0 Å². The fourth-order valence-corrected chi connectivity index (χ4v) is 2.54. The molecule has 0 fully saturated rings. The highest BCUT2D eigenvalue weighted by atomic mass is 32.1. The summed E-state index contributed by atoms with van der Waals surface area (Å²) in [6, 6.07) is 5.98. The summed E-state index contributed by atoms with van der Waals surface area (Å²) in [4.78, 5) is 9.00. The average Bonchev–Trinajstić information content (AvgIpc) is 2.89.